The minimum absolute atomic E-state index is 0.226. The van der Waals surface area contributed by atoms with Crippen molar-refractivity contribution in [2.75, 3.05) is 0 Å². The molecule has 0 aliphatic heterocycles. The van der Waals surface area contributed by atoms with Crippen molar-refractivity contribution in [3.05, 3.63) is 48.6 Å². The quantitative estimate of drug-likeness (QED) is 0.193. The molecule has 0 aliphatic rings. The van der Waals surface area contributed by atoms with E-state index in [0.29, 0.717) is 12.2 Å². The molecular formula is C20H26O4. The lowest BCUT2D eigenvalue weighted by molar-refractivity contribution is -0.134. The van der Waals surface area contributed by atoms with Crippen molar-refractivity contribution in [1.29, 1.82) is 0 Å². The number of carbonyl (C=O) groups is 2. The summed E-state index contributed by atoms with van der Waals surface area (Å²) in [6.07, 6.45) is 12.7. The van der Waals surface area contributed by atoms with Crippen LogP contribution < -0.4 is 4.74 Å². The molecule has 1 aromatic carbocycles. The van der Waals surface area contributed by atoms with Gasteiger partial charge >= 0.3 is 11.9 Å². The summed E-state index contributed by atoms with van der Waals surface area (Å²) in [6, 6.07) is 6.76. The fourth-order valence-electron chi connectivity index (χ4n) is 2.26. The van der Waals surface area contributed by atoms with E-state index < -0.39 is 5.97 Å². The number of esters is 1. The molecule has 0 radical (unpaired) electrons. The summed E-state index contributed by atoms with van der Waals surface area (Å²) >= 11 is 0. The van der Waals surface area contributed by atoms with Gasteiger partial charge in [0.2, 0.25) is 0 Å². The van der Waals surface area contributed by atoms with Crippen LogP contribution >= 0.6 is 0 Å². The predicted octanol–water partition coefficient (Wildman–Crippen LogP) is 5.00. The number of aliphatic carboxylic acids is 1. The molecule has 0 aliphatic carbocycles. The van der Waals surface area contributed by atoms with Crippen LogP contribution in [-0.2, 0) is 9.59 Å². The second-order valence-corrected chi connectivity index (χ2v) is 5.66. The van der Waals surface area contributed by atoms with Gasteiger partial charge in [-0.2, -0.15) is 0 Å². The zero-order chi connectivity index (χ0) is 17.6. The molecule has 0 unspecified atom stereocenters. The first-order valence-electron chi connectivity index (χ1n) is 8.44. The molecule has 4 heteroatoms. The number of carboxylic acid groups (broad SMARTS) is 1. The normalized spacial score (nSPS) is 10.7. The molecule has 1 aromatic rings. The number of benzene rings is 1. The smallest absolute Gasteiger partial charge is 0.328 e. The molecule has 130 valence electrons. The highest BCUT2D eigenvalue weighted by Crippen LogP contribution is 2.15. The van der Waals surface area contributed by atoms with E-state index >= 15 is 0 Å². The molecule has 0 fully saturated rings. The second kappa shape index (κ2) is 12.1. The molecule has 0 saturated carbocycles. The number of rotatable bonds is 12. The maximum Gasteiger partial charge on any atom is 0.328 e. The number of unbranched alkanes of at least 4 members (excludes halogenated alkanes) is 6. The Morgan fingerprint density at radius 3 is 2.25 bits per heavy atom. The first kappa shape index (κ1) is 19.7. The average molecular weight is 330 g/mol. The summed E-state index contributed by atoms with van der Waals surface area (Å²) in [5, 5.41) is 8.56. The number of ether oxygens (including phenoxy) is 1. The third-order valence-corrected chi connectivity index (χ3v) is 3.57. The monoisotopic (exact) mass is 330 g/mol. The third-order valence-electron chi connectivity index (χ3n) is 3.57. The highest BCUT2D eigenvalue weighted by molar-refractivity contribution is 5.85. The fraction of sp³-hybridized carbons (Fsp3) is 0.400. The molecule has 24 heavy (non-hydrogen) atoms. The van der Waals surface area contributed by atoms with Gasteiger partial charge in [-0.25, -0.2) is 4.79 Å². The zero-order valence-corrected chi connectivity index (χ0v) is 14.1. The van der Waals surface area contributed by atoms with E-state index in [4.69, 9.17) is 9.84 Å². The molecule has 0 heterocycles. The molecule has 1 rings (SSSR count). The van der Waals surface area contributed by atoms with Crippen LogP contribution in [0.15, 0.2) is 43.0 Å². The van der Waals surface area contributed by atoms with Crippen LogP contribution in [0, 0.1) is 0 Å². The van der Waals surface area contributed by atoms with Crippen molar-refractivity contribution in [2.45, 2.75) is 51.4 Å². The number of carbonyl (C=O) groups excluding carboxylic acids is 1. The molecule has 1 N–H and O–H groups in total. The van der Waals surface area contributed by atoms with Crippen molar-refractivity contribution in [2.24, 2.45) is 0 Å². The van der Waals surface area contributed by atoms with Crippen LogP contribution in [0.5, 0.6) is 5.75 Å². The Morgan fingerprint density at radius 2 is 1.62 bits per heavy atom. The van der Waals surface area contributed by atoms with Gasteiger partial charge in [0.1, 0.15) is 5.75 Å². The van der Waals surface area contributed by atoms with Gasteiger partial charge in [0.25, 0.3) is 0 Å². The highest BCUT2D eigenvalue weighted by atomic mass is 16.5. The molecule has 0 atom stereocenters. The molecule has 0 aromatic heterocycles. The minimum Gasteiger partial charge on any atom is -0.478 e. The van der Waals surface area contributed by atoms with E-state index in [1.165, 1.54) is 25.3 Å². The lowest BCUT2D eigenvalue weighted by Gasteiger charge is -2.05. The van der Waals surface area contributed by atoms with E-state index in [-0.39, 0.29) is 5.97 Å². The van der Waals surface area contributed by atoms with Gasteiger partial charge < -0.3 is 9.84 Å². The van der Waals surface area contributed by atoms with Gasteiger partial charge in [-0.15, -0.1) is 6.58 Å². The molecular weight excluding hydrogens is 304 g/mol. The van der Waals surface area contributed by atoms with E-state index in [1.54, 1.807) is 24.3 Å². The summed E-state index contributed by atoms with van der Waals surface area (Å²) in [4.78, 5) is 22.2. The number of hydrogen-bond acceptors (Lipinski definition) is 3. The van der Waals surface area contributed by atoms with Gasteiger partial charge in [0.15, 0.2) is 0 Å². The van der Waals surface area contributed by atoms with Crippen LogP contribution in [-0.4, -0.2) is 17.0 Å². The van der Waals surface area contributed by atoms with Crippen LogP contribution in [0.2, 0.25) is 0 Å². The van der Waals surface area contributed by atoms with Crippen molar-refractivity contribution in [3.63, 3.8) is 0 Å². The molecule has 0 bridgehead atoms. The van der Waals surface area contributed by atoms with Gasteiger partial charge in [0.05, 0.1) is 0 Å². The van der Waals surface area contributed by atoms with Crippen molar-refractivity contribution in [3.8, 4) is 5.75 Å². The van der Waals surface area contributed by atoms with Crippen LogP contribution in [0.25, 0.3) is 6.08 Å². The molecule has 0 amide bonds. The first-order chi connectivity index (χ1) is 11.6. The predicted molar refractivity (Wildman–Crippen MR) is 95.9 cm³/mol. The zero-order valence-electron chi connectivity index (χ0n) is 14.1. The Hall–Kier alpha value is -2.36. The van der Waals surface area contributed by atoms with E-state index in [9.17, 15) is 9.59 Å². The van der Waals surface area contributed by atoms with E-state index in [0.717, 1.165) is 37.3 Å². The Morgan fingerprint density at radius 1 is 1.00 bits per heavy atom. The summed E-state index contributed by atoms with van der Waals surface area (Å²) in [5.74, 6) is -0.737. The lowest BCUT2D eigenvalue weighted by Crippen LogP contribution is -2.07. The number of carboxylic acids is 1. The van der Waals surface area contributed by atoms with Gasteiger partial charge in [0, 0.05) is 12.5 Å². The highest BCUT2D eigenvalue weighted by Gasteiger charge is 2.04. The Labute approximate surface area is 143 Å². The van der Waals surface area contributed by atoms with Crippen LogP contribution in [0.3, 0.4) is 0 Å². The fourth-order valence-corrected chi connectivity index (χ4v) is 2.26. The van der Waals surface area contributed by atoms with Crippen LogP contribution in [0.4, 0.5) is 0 Å². The van der Waals surface area contributed by atoms with E-state index in [2.05, 4.69) is 6.58 Å². The Balaban J connectivity index is 2.18. The maximum atomic E-state index is 11.8. The lowest BCUT2D eigenvalue weighted by atomic mass is 10.1. The first-order valence-corrected chi connectivity index (χ1v) is 8.44. The second-order valence-electron chi connectivity index (χ2n) is 5.66. The SMILES string of the molecule is C=CCCCCCCCCC(=O)Oc1ccc(C=CC(=O)O)cc1. The third kappa shape index (κ3) is 9.62. The van der Waals surface area contributed by atoms with Crippen molar-refractivity contribution < 1.29 is 19.4 Å². The molecule has 0 spiro atoms. The molecule has 0 saturated heterocycles. The summed E-state index contributed by atoms with van der Waals surface area (Å²) in [6.45, 7) is 3.70. The van der Waals surface area contributed by atoms with Crippen molar-refractivity contribution in [1.82, 2.24) is 0 Å². The standard InChI is InChI=1S/C20H26O4/c1-2-3-4-5-6-7-8-9-10-20(23)24-18-14-11-17(12-15-18)13-16-19(21)22/h2,11-16H,1,3-10H2,(H,21,22). The Kier molecular flexibility index (Phi) is 9.93. The van der Waals surface area contributed by atoms with Gasteiger partial charge in [-0.05, 0) is 43.0 Å². The average Bonchev–Trinajstić information content (AvgIpc) is 2.56. The molecule has 4 nitrogen and oxygen atoms in total. The summed E-state index contributed by atoms with van der Waals surface area (Å²) < 4.78 is 5.26. The van der Waals surface area contributed by atoms with Gasteiger partial charge in [-0.1, -0.05) is 43.9 Å². The number of allylic oxidation sites excluding steroid dienone is 1. The summed E-state index contributed by atoms with van der Waals surface area (Å²) in [7, 11) is 0. The topological polar surface area (TPSA) is 63.6 Å². The minimum atomic E-state index is -0.994. The summed E-state index contributed by atoms with van der Waals surface area (Å²) in [5.41, 5.74) is 0.744. The Bertz CT molecular complexity index is 543. The largest absolute Gasteiger partial charge is 0.478 e. The maximum absolute atomic E-state index is 11.8. The van der Waals surface area contributed by atoms with E-state index in [1.807, 2.05) is 6.08 Å². The van der Waals surface area contributed by atoms with Gasteiger partial charge in [-0.3, -0.25) is 4.79 Å². The van der Waals surface area contributed by atoms with Crippen LogP contribution in [0.1, 0.15) is 56.9 Å². The number of hydrogen-bond donors (Lipinski definition) is 1. The van der Waals surface area contributed by atoms with Crippen molar-refractivity contribution >= 4 is 18.0 Å².